The molecule has 21 heavy (non-hydrogen) atoms. The van der Waals surface area contributed by atoms with Gasteiger partial charge in [0.15, 0.2) is 0 Å². The van der Waals surface area contributed by atoms with Crippen LogP contribution >= 0.6 is 0 Å². The Labute approximate surface area is 121 Å². The SMILES string of the molecule is COc1ccc(C(=O)O)cc1-c1ccc2cccnc2c1. The number of carboxylic acid groups (broad SMARTS) is 1. The Morgan fingerprint density at radius 3 is 2.76 bits per heavy atom. The van der Waals surface area contributed by atoms with Crippen molar-refractivity contribution in [3.8, 4) is 16.9 Å². The molecule has 0 bridgehead atoms. The van der Waals surface area contributed by atoms with Gasteiger partial charge in [-0.2, -0.15) is 0 Å². The summed E-state index contributed by atoms with van der Waals surface area (Å²) >= 11 is 0. The average Bonchev–Trinajstić information content (AvgIpc) is 2.53. The summed E-state index contributed by atoms with van der Waals surface area (Å²) in [7, 11) is 1.57. The summed E-state index contributed by atoms with van der Waals surface area (Å²) in [6, 6.07) is 14.5. The van der Waals surface area contributed by atoms with E-state index in [-0.39, 0.29) is 5.56 Å². The van der Waals surface area contributed by atoms with Crippen molar-refractivity contribution in [2.75, 3.05) is 7.11 Å². The number of methoxy groups -OCH3 is 1. The van der Waals surface area contributed by atoms with Gasteiger partial charge in [0.1, 0.15) is 5.75 Å². The van der Waals surface area contributed by atoms with E-state index in [0.29, 0.717) is 5.75 Å². The van der Waals surface area contributed by atoms with Crippen LogP contribution in [0.4, 0.5) is 0 Å². The van der Waals surface area contributed by atoms with Crippen LogP contribution in [0, 0.1) is 0 Å². The number of nitrogens with zero attached hydrogens (tertiary/aromatic N) is 1. The van der Waals surface area contributed by atoms with Crippen molar-refractivity contribution in [2.24, 2.45) is 0 Å². The minimum atomic E-state index is -0.960. The maximum absolute atomic E-state index is 11.1. The van der Waals surface area contributed by atoms with Crippen molar-refractivity contribution in [3.05, 3.63) is 60.3 Å². The first-order valence-electron chi connectivity index (χ1n) is 6.45. The number of fused-ring (bicyclic) bond motifs is 1. The quantitative estimate of drug-likeness (QED) is 0.795. The van der Waals surface area contributed by atoms with E-state index < -0.39 is 5.97 Å². The zero-order chi connectivity index (χ0) is 14.8. The van der Waals surface area contributed by atoms with Gasteiger partial charge in [0.2, 0.25) is 0 Å². The molecule has 0 aliphatic carbocycles. The Balaban J connectivity index is 2.20. The van der Waals surface area contributed by atoms with Gasteiger partial charge >= 0.3 is 5.97 Å². The van der Waals surface area contributed by atoms with E-state index in [1.165, 1.54) is 6.07 Å². The topological polar surface area (TPSA) is 59.4 Å². The van der Waals surface area contributed by atoms with Crippen molar-refractivity contribution in [1.82, 2.24) is 4.98 Å². The number of benzene rings is 2. The van der Waals surface area contributed by atoms with Crippen molar-refractivity contribution in [3.63, 3.8) is 0 Å². The lowest BCUT2D eigenvalue weighted by atomic mass is 10.0. The molecule has 0 spiro atoms. The van der Waals surface area contributed by atoms with Gasteiger partial charge in [-0.3, -0.25) is 4.98 Å². The number of rotatable bonds is 3. The number of carboxylic acids is 1. The number of aromatic nitrogens is 1. The molecule has 2 aromatic carbocycles. The van der Waals surface area contributed by atoms with E-state index in [4.69, 9.17) is 9.84 Å². The molecule has 3 rings (SSSR count). The summed E-state index contributed by atoms with van der Waals surface area (Å²) in [6.07, 6.45) is 1.73. The Hall–Kier alpha value is -2.88. The highest BCUT2D eigenvalue weighted by Crippen LogP contribution is 2.32. The Bertz CT molecular complexity index is 827. The average molecular weight is 279 g/mol. The lowest BCUT2D eigenvalue weighted by Crippen LogP contribution is -1.98. The summed E-state index contributed by atoms with van der Waals surface area (Å²) in [6.45, 7) is 0. The molecule has 1 N–H and O–H groups in total. The first kappa shape index (κ1) is 13.1. The van der Waals surface area contributed by atoms with Crippen LogP contribution in [0.2, 0.25) is 0 Å². The molecule has 0 aliphatic rings. The summed E-state index contributed by atoms with van der Waals surface area (Å²) in [4.78, 5) is 15.5. The molecule has 0 amide bonds. The molecule has 1 heterocycles. The van der Waals surface area contributed by atoms with Gasteiger partial charge in [0.05, 0.1) is 18.2 Å². The molecule has 0 aliphatic heterocycles. The highest BCUT2D eigenvalue weighted by molar-refractivity contribution is 5.92. The third-order valence-electron chi connectivity index (χ3n) is 3.36. The standard InChI is InChI=1S/C17H13NO3/c1-21-16-7-6-13(17(19)20)9-14(16)12-5-4-11-3-2-8-18-15(11)10-12/h2-10H,1H3,(H,19,20). The molecule has 3 aromatic rings. The number of hydrogen-bond donors (Lipinski definition) is 1. The second kappa shape index (κ2) is 5.25. The van der Waals surface area contributed by atoms with E-state index in [2.05, 4.69) is 4.98 Å². The lowest BCUT2D eigenvalue weighted by molar-refractivity contribution is 0.0697. The largest absolute Gasteiger partial charge is 0.496 e. The molecule has 4 heteroatoms. The fraction of sp³-hybridized carbons (Fsp3) is 0.0588. The molecular weight excluding hydrogens is 266 g/mol. The second-order valence-corrected chi connectivity index (χ2v) is 4.63. The van der Waals surface area contributed by atoms with Crippen molar-refractivity contribution < 1.29 is 14.6 Å². The number of hydrogen-bond acceptors (Lipinski definition) is 3. The summed E-state index contributed by atoms with van der Waals surface area (Å²) in [5.74, 6) is -0.326. The van der Waals surface area contributed by atoms with Gasteiger partial charge in [-0.15, -0.1) is 0 Å². The van der Waals surface area contributed by atoms with E-state index in [1.807, 2.05) is 30.3 Å². The third kappa shape index (κ3) is 2.43. The minimum absolute atomic E-state index is 0.229. The molecular formula is C17H13NO3. The number of carbonyl (C=O) groups is 1. The van der Waals surface area contributed by atoms with Crippen LogP contribution in [-0.4, -0.2) is 23.2 Å². The molecule has 0 radical (unpaired) electrons. The van der Waals surface area contributed by atoms with Crippen LogP contribution in [0.15, 0.2) is 54.7 Å². The molecule has 0 atom stereocenters. The van der Waals surface area contributed by atoms with Crippen LogP contribution in [0.5, 0.6) is 5.75 Å². The first-order chi connectivity index (χ1) is 10.2. The maximum Gasteiger partial charge on any atom is 0.335 e. The van der Waals surface area contributed by atoms with E-state index >= 15 is 0 Å². The van der Waals surface area contributed by atoms with Crippen LogP contribution < -0.4 is 4.74 Å². The Morgan fingerprint density at radius 1 is 1.14 bits per heavy atom. The van der Waals surface area contributed by atoms with Crippen LogP contribution in [-0.2, 0) is 0 Å². The highest BCUT2D eigenvalue weighted by atomic mass is 16.5. The van der Waals surface area contributed by atoms with Crippen LogP contribution in [0.1, 0.15) is 10.4 Å². The number of pyridine rings is 1. The van der Waals surface area contributed by atoms with Gasteiger partial charge < -0.3 is 9.84 Å². The molecule has 0 unspecified atom stereocenters. The number of aromatic carboxylic acids is 1. The smallest absolute Gasteiger partial charge is 0.335 e. The van der Waals surface area contributed by atoms with Gasteiger partial charge in [0, 0.05) is 17.1 Å². The van der Waals surface area contributed by atoms with Crippen molar-refractivity contribution >= 4 is 16.9 Å². The van der Waals surface area contributed by atoms with Crippen LogP contribution in [0.25, 0.3) is 22.0 Å². The predicted octanol–water partition coefficient (Wildman–Crippen LogP) is 3.61. The fourth-order valence-electron chi connectivity index (χ4n) is 2.30. The molecule has 0 saturated heterocycles. The van der Waals surface area contributed by atoms with E-state index in [1.54, 1.807) is 25.4 Å². The van der Waals surface area contributed by atoms with E-state index in [9.17, 15) is 4.79 Å². The molecule has 4 nitrogen and oxygen atoms in total. The molecule has 104 valence electrons. The molecule has 0 saturated carbocycles. The first-order valence-corrected chi connectivity index (χ1v) is 6.45. The minimum Gasteiger partial charge on any atom is -0.496 e. The van der Waals surface area contributed by atoms with Crippen molar-refractivity contribution in [2.45, 2.75) is 0 Å². The highest BCUT2D eigenvalue weighted by Gasteiger charge is 2.11. The second-order valence-electron chi connectivity index (χ2n) is 4.63. The number of ether oxygens (including phenoxy) is 1. The monoisotopic (exact) mass is 279 g/mol. The third-order valence-corrected chi connectivity index (χ3v) is 3.36. The summed E-state index contributed by atoms with van der Waals surface area (Å²) < 4.78 is 5.33. The van der Waals surface area contributed by atoms with Gasteiger partial charge in [-0.05, 0) is 35.9 Å². The van der Waals surface area contributed by atoms with Gasteiger partial charge in [-0.25, -0.2) is 4.79 Å². The van der Waals surface area contributed by atoms with Crippen molar-refractivity contribution in [1.29, 1.82) is 0 Å². The summed E-state index contributed by atoms with van der Waals surface area (Å²) in [5, 5.41) is 10.2. The lowest BCUT2D eigenvalue weighted by Gasteiger charge is -2.10. The Morgan fingerprint density at radius 2 is 2.00 bits per heavy atom. The normalized spacial score (nSPS) is 10.5. The van der Waals surface area contributed by atoms with E-state index in [0.717, 1.165) is 22.0 Å². The predicted molar refractivity (Wildman–Crippen MR) is 80.7 cm³/mol. The van der Waals surface area contributed by atoms with Gasteiger partial charge in [-0.1, -0.05) is 18.2 Å². The maximum atomic E-state index is 11.1. The zero-order valence-corrected chi connectivity index (χ0v) is 11.4. The molecule has 1 aromatic heterocycles. The zero-order valence-electron chi connectivity index (χ0n) is 11.4. The Kier molecular flexibility index (Phi) is 3.28. The van der Waals surface area contributed by atoms with Gasteiger partial charge in [0.25, 0.3) is 0 Å². The molecule has 0 fully saturated rings. The fourth-order valence-corrected chi connectivity index (χ4v) is 2.30. The van der Waals surface area contributed by atoms with Crippen LogP contribution in [0.3, 0.4) is 0 Å². The summed E-state index contributed by atoms with van der Waals surface area (Å²) in [5.41, 5.74) is 2.70.